The average Bonchev–Trinajstić information content (AvgIpc) is 2.77. The summed E-state index contributed by atoms with van der Waals surface area (Å²) in [7, 11) is 3.45. The molecule has 0 fully saturated rings. The lowest BCUT2D eigenvalue weighted by atomic mass is 10.1. The monoisotopic (exact) mass is 259 g/mol. The van der Waals surface area contributed by atoms with Crippen molar-refractivity contribution < 1.29 is 4.79 Å². The molecule has 0 saturated heterocycles. The van der Waals surface area contributed by atoms with Gasteiger partial charge in [0.25, 0.3) is 5.91 Å². The van der Waals surface area contributed by atoms with Crippen molar-refractivity contribution in [3.63, 3.8) is 0 Å². The number of aryl methyl sites for hydroxylation is 1. The Kier molecular flexibility index (Phi) is 3.50. The molecule has 0 aliphatic rings. The fourth-order valence-electron chi connectivity index (χ4n) is 1.92. The van der Waals surface area contributed by atoms with Gasteiger partial charge in [-0.1, -0.05) is 0 Å². The Morgan fingerprint density at radius 1 is 1.42 bits per heavy atom. The molecule has 19 heavy (non-hydrogen) atoms. The smallest absolute Gasteiger partial charge is 0.274 e. The Labute approximate surface area is 111 Å². The van der Waals surface area contributed by atoms with E-state index in [9.17, 15) is 4.79 Å². The maximum Gasteiger partial charge on any atom is 0.274 e. The Morgan fingerprint density at radius 3 is 2.58 bits per heavy atom. The van der Waals surface area contributed by atoms with Gasteiger partial charge >= 0.3 is 0 Å². The third-order valence-corrected chi connectivity index (χ3v) is 3.26. The van der Waals surface area contributed by atoms with E-state index in [1.165, 1.54) is 10.9 Å². The van der Waals surface area contributed by atoms with Gasteiger partial charge in [0.15, 0.2) is 0 Å². The predicted octanol–water partition coefficient (Wildman–Crippen LogP) is 1.23. The van der Waals surface area contributed by atoms with E-state index in [1.54, 1.807) is 31.4 Å². The number of nitrogens with zero attached hydrogens (tertiary/aromatic N) is 4. The fourth-order valence-corrected chi connectivity index (χ4v) is 1.92. The van der Waals surface area contributed by atoms with Crippen molar-refractivity contribution in [2.45, 2.75) is 13.0 Å². The molecule has 1 unspecified atom stereocenters. The zero-order chi connectivity index (χ0) is 14.0. The second-order valence-corrected chi connectivity index (χ2v) is 4.44. The number of carbonyl (C=O) groups is 1. The van der Waals surface area contributed by atoms with Gasteiger partial charge in [-0.05, 0) is 24.6 Å². The first kappa shape index (κ1) is 13.1. The summed E-state index contributed by atoms with van der Waals surface area (Å²) in [4.78, 5) is 18.0. The highest BCUT2D eigenvalue weighted by Crippen LogP contribution is 2.21. The van der Waals surface area contributed by atoms with Crippen LogP contribution in [0, 0.1) is 0 Å². The number of carbonyl (C=O) groups excluding carboxylic acids is 1. The summed E-state index contributed by atoms with van der Waals surface area (Å²) in [5.41, 5.74) is 7.59. The number of hydrogen-bond acceptors (Lipinski definition) is 4. The van der Waals surface area contributed by atoms with E-state index in [2.05, 4.69) is 10.1 Å². The molecular formula is C13H17N5O. The lowest BCUT2D eigenvalue weighted by Crippen LogP contribution is -2.31. The molecule has 1 amide bonds. The molecule has 2 heterocycles. The number of nitrogen functional groups attached to an aromatic ring is 1. The van der Waals surface area contributed by atoms with Crippen molar-refractivity contribution in [3.05, 3.63) is 42.0 Å². The Morgan fingerprint density at radius 2 is 2.05 bits per heavy atom. The van der Waals surface area contributed by atoms with E-state index in [0.29, 0.717) is 11.4 Å². The van der Waals surface area contributed by atoms with E-state index in [4.69, 9.17) is 5.73 Å². The third kappa shape index (κ3) is 2.42. The molecule has 0 spiro atoms. The topological polar surface area (TPSA) is 77.0 Å². The van der Waals surface area contributed by atoms with Gasteiger partial charge in [0.05, 0.1) is 17.9 Å². The minimum Gasteiger partial charge on any atom is -0.396 e. The molecule has 0 aliphatic carbocycles. The van der Waals surface area contributed by atoms with Crippen molar-refractivity contribution in [3.8, 4) is 0 Å². The van der Waals surface area contributed by atoms with Crippen LogP contribution in [0.2, 0.25) is 0 Å². The van der Waals surface area contributed by atoms with Crippen LogP contribution >= 0.6 is 0 Å². The number of anilines is 1. The lowest BCUT2D eigenvalue weighted by molar-refractivity contribution is 0.0732. The molecule has 2 aromatic rings. The van der Waals surface area contributed by atoms with Crippen molar-refractivity contribution in [2.24, 2.45) is 7.05 Å². The molecule has 2 aromatic heterocycles. The Hall–Kier alpha value is -2.37. The van der Waals surface area contributed by atoms with Crippen LogP contribution in [-0.4, -0.2) is 32.6 Å². The largest absolute Gasteiger partial charge is 0.396 e. The number of nitrogens with two attached hydrogens (primary N) is 1. The van der Waals surface area contributed by atoms with Crippen molar-refractivity contribution in [2.75, 3.05) is 12.8 Å². The molecule has 100 valence electrons. The highest BCUT2D eigenvalue weighted by Gasteiger charge is 2.23. The number of hydrogen-bond donors (Lipinski definition) is 1. The summed E-state index contributed by atoms with van der Waals surface area (Å²) in [5.74, 6) is -0.151. The van der Waals surface area contributed by atoms with Gasteiger partial charge in [-0.15, -0.1) is 0 Å². The second kappa shape index (κ2) is 5.09. The first-order chi connectivity index (χ1) is 9.02. The average molecular weight is 259 g/mol. The molecule has 1 atom stereocenters. The first-order valence-electron chi connectivity index (χ1n) is 5.97. The summed E-state index contributed by atoms with van der Waals surface area (Å²) in [5, 5.41) is 3.99. The van der Waals surface area contributed by atoms with E-state index < -0.39 is 0 Å². The lowest BCUT2D eigenvalue weighted by Gasteiger charge is -2.25. The predicted molar refractivity (Wildman–Crippen MR) is 72.4 cm³/mol. The van der Waals surface area contributed by atoms with Crippen LogP contribution in [0.3, 0.4) is 0 Å². The van der Waals surface area contributed by atoms with Crippen LogP contribution in [-0.2, 0) is 7.05 Å². The van der Waals surface area contributed by atoms with Crippen LogP contribution in [0.5, 0.6) is 0 Å². The molecule has 0 bridgehead atoms. The SMILES string of the molecule is CC(c1ccncc1)N(C)C(=O)c1c(N)cnn1C. The molecule has 0 aromatic carbocycles. The maximum atomic E-state index is 12.4. The summed E-state index contributed by atoms with van der Waals surface area (Å²) >= 11 is 0. The Bertz CT molecular complexity index is 558. The van der Waals surface area contributed by atoms with Crippen LogP contribution in [0.4, 0.5) is 5.69 Å². The van der Waals surface area contributed by atoms with Gasteiger partial charge < -0.3 is 10.6 Å². The van der Waals surface area contributed by atoms with Crippen LogP contribution in [0.25, 0.3) is 0 Å². The van der Waals surface area contributed by atoms with Crippen molar-refractivity contribution in [1.82, 2.24) is 19.7 Å². The van der Waals surface area contributed by atoms with E-state index in [-0.39, 0.29) is 11.9 Å². The third-order valence-electron chi connectivity index (χ3n) is 3.26. The van der Waals surface area contributed by atoms with Crippen molar-refractivity contribution >= 4 is 11.6 Å². The molecule has 2 rings (SSSR count). The van der Waals surface area contributed by atoms with Crippen LogP contribution in [0.1, 0.15) is 29.0 Å². The first-order valence-corrected chi connectivity index (χ1v) is 5.97. The zero-order valence-electron chi connectivity index (χ0n) is 11.2. The molecule has 6 nitrogen and oxygen atoms in total. The quantitative estimate of drug-likeness (QED) is 0.899. The van der Waals surface area contributed by atoms with E-state index in [1.807, 2.05) is 19.1 Å². The normalized spacial score (nSPS) is 12.2. The molecule has 0 radical (unpaired) electrons. The number of aromatic nitrogens is 3. The van der Waals surface area contributed by atoms with Gasteiger partial charge in [-0.25, -0.2) is 0 Å². The summed E-state index contributed by atoms with van der Waals surface area (Å²) < 4.78 is 1.49. The highest BCUT2D eigenvalue weighted by atomic mass is 16.2. The number of pyridine rings is 1. The minimum atomic E-state index is -0.151. The van der Waals surface area contributed by atoms with Crippen molar-refractivity contribution in [1.29, 1.82) is 0 Å². The molecule has 6 heteroatoms. The summed E-state index contributed by atoms with van der Waals surface area (Å²) in [6, 6.07) is 3.71. The molecule has 2 N–H and O–H groups in total. The number of amides is 1. The van der Waals surface area contributed by atoms with Gasteiger partial charge in [-0.3, -0.25) is 14.5 Å². The Balaban J connectivity index is 2.25. The summed E-state index contributed by atoms with van der Waals surface area (Å²) in [6.45, 7) is 1.96. The standard InChI is InChI=1S/C13H17N5O/c1-9(10-4-6-15-7-5-10)17(2)13(19)12-11(14)8-16-18(12)3/h4-9H,14H2,1-3H3. The second-order valence-electron chi connectivity index (χ2n) is 4.44. The van der Waals surface area contributed by atoms with Gasteiger partial charge in [-0.2, -0.15) is 5.10 Å². The fraction of sp³-hybridized carbons (Fsp3) is 0.308. The highest BCUT2D eigenvalue weighted by molar-refractivity contribution is 5.97. The molecule has 0 aliphatic heterocycles. The van der Waals surface area contributed by atoms with E-state index >= 15 is 0 Å². The van der Waals surface area contributed by atoms with Gasteiger partial charge in [0.2, 0.25) is 0 Å². The molecule has 0 saturated carbocycles. The minimum absolute atomic E-state index is 0.0650. The summed E-state index contributed by atoms with van der Waals surface area (Å²) in [6.07, 6.45) is 4.91. The van der Waals surface area contributed by atoms with Crippen LogP contribution in [0.15, 0.2) is 30.7 Å². The number of rotatable bonds is 3. The zero-order valence-corrected chi connectivity index (χ0v) is 11.2. The van der Waals surface area contributed by atoms with Gasteiger partial charge in [0, 0.05) is 26.5 Å². The van der Waals surface area contributed by atoms with E-state index in [0.717, 1.165) is 5.56 Å². The maximum absolute atomic E-state index is 12.4. The molecular weight excluding hydrogens is 242 g/mol. The van der Waals surface area contributed by atoms with Gasteiger partial charge in [0.1, 0.15) is 5.69 Å². The van der Waals surface area contributed by atoms with Crippen LogP contribution < -0.4 is 5.73 Å².